The monoisotopic (exact) mass is 267 g/mol. The number of aromatic amines is 1. The first-order valence-corrected chi connectivity index (χ1v) is 6.07. The van der Waals surface area contributed by atoms with Crippen molar-refractivity contribution in [1.82, 2.24) is 15.2 Å². The molecule has 1 amide bonds. The van der Waals surface area contributed by atoms with Gasteiger partial charge < -0.3 is 20.1 Å². The Kier molecular flexibility index (Phi) is 4.18. The summed E-state index contributed by atoms with van der Waals surface area (Å²) in [4.78, 5) is 27.0. The second-order valence-electron chi connectivity index (χ2n) is 4.50. The molecule has 1 aromatic heterocycles. The quantitative estimate of drug-likeness (QED) is 0.662. The summed E-state index contributed by atoms with van der Waals surface area (Å²) in [5.74, 6) is -0.643. The summed E-state index contributed by atoms with van der Waals surface area (Å²) >= 11 is 0. The molecular formula is C12H17N3O4. The number of aromatic nitrogens is 1. The summed E-state index contributed by atoms with van der Waals surface area (Å²) in [6, 6.07) is 2.40. The van der Waals surface area contributed by atoms with Gasteiger partial charge in [-0.1, -0.05) is 0 Å². The lowest BCUT2D eigenvalue weighted by atomic mass is 10.2. The molecule has 2 heterocycles. The standard InChI is InChI=1S/C12H17N3O4/c1-15(7-9-6-13-2-3-19-9)12(18)8-4-10(16)14-11(17)5-8/h4-5,9,13H,2-3,6-7H2,1H3,(H2,14,16,17). The topological polar surface area (TPSA) is 94.7 Å². The minimum Gasteiger partial charge on any atom is -0.494 e. The van der Waals surface area contributed by atoms with Crippen molar-refractivity contribution in [2.75, 3.05) is 33.3 Å². The van der Waals surface area contributed by atoms with Crippen molar-refractivity contribution >= 4 is 5.91 Å². The number of hydrogen-bond acceptors (Lipinski definition) is 5. The molecule has 1 aromatic rings. The van der Waals surface area contributed by atoms with Gasteiger partial charge in [0, 0.05) is 38.8 Å². The van der Waals surface area contributed by atoms with Gasteiger partial charge in [-0.15, -0.1) is 0 Å². The van der Waals surface area contributed by atoms with Crippen molar-refractivity contribution in [3.05, 3.63) is 28.0 Å². The van der Waals surface area contributed by atoms with Crippen LogP contribution in [0, 0.1) is 0 Å². The van der Waals surface area contributed by atoms with Crippen LogP contribution in [0.4, 0.5) is 0 Å². The van der Waals surface area contributed by atoms with E-state index in [2.05, 4.69) is 10.3 Å². The number of hydrogen-bond donors (Lipinski definition) is 3. The normalized spacial score (nSPS) is 19.1. The van der Waals surface area contributed by atoms with Crippen LogP contribution in [0.15, 0.2) is 16.9 Å². The number of rotatable bonds is 3. The fraction of sp³-hybridized carbons (Fsp3) is 0.500. The first-order valence-electron chi connectivity index (χ1n) is 6.07. The molecule has 19 heavy (non-hydrogen) atoms. The highest BCUT2D eigenvalue weighted by molar-refractivity contribution is 5.94. The SMILES string of the molecule is CN(CC1CNCCO1)C(=O)c1cc(O)[nH]c(=O)c1. The van der Waals surface area contributed by atoms with Crippen molar-refractivity contribution in [2.24, 2.45) is 0 Å². The molecule has 7 nitrogen and oxygen atoms in total. The third-order valence-electron chi connectivity index (χ3n) is 2.91. The van der Waals surface area contributed by atoms with Crippen molar-refractivity contribution < 1.29 is 14.6 Å². The molecule has 2 rings (SSSR count). The van der Waals surface area contributed by atoms with Gasteiger partial charge in [0.25, 0.3) is 11.5 Å². The number of morpholine rings is 1. The molecule has 1 atom stereocenters. The molecule has 0 aromatic carbocycles. The van der Waals surface area contributed by atoms with E-state index in [0.717, 1.165) is 6.54 Å². The zero-order valence-electron chi connectivity index (χ0n) is 10.7. The number of nitrogens with zero attached hydrogens (tertiary/aromatic N) is 1. The molecule has 0 spiro atoms. The summed E-state index contributed by atoms with van der Waals surface area (Å²) < 4.78 is 5.51. The number of H-pyrrole nitrogens is 1. The largest absolute Gasteiger partial charge is 0.494 e. The average molecular weight is 267 g/mol. The highest BCUT2D eigenvalue weighted by Crippen LogP contribution is 2.08. The maximum Gasteiger partial charge on any atom is 0.254 e. The molecule has 1 aliphatic heterocycles. The molecule has 0 radical (unpaired) electrons. The number of carbonyl (C=O) groups excluding carboxylic acids is 1. The van der Waals surface area contributed by atoms with Gasteiger partial charge in [-0.05, 0) is 0 Å². The molecule has 0 bridgehead atoms. The number of amides is 1. The average Bonchev–Trinajstić information content (AvgIpc) is 2.37. The van der Waals surface area contributed by atoms with Crippen LogP contribution in [0.5, 0.6) is 5.88 Å². The third kappa shape index (κ3) is 3.55. The highest BCUT2D eigenvalue weighted by atomic mass is 16.5. The molecular weight excluding hydrogens is 250 g/mol. The molecule has 1 fully saturated rings. The fourth-order valence-electron chi connectivity index (χ4n) is 2.00. The van der Waals surface area contributed by atoms with E-state index in [1.165, 1.54) is 17.0 Å². The lowest BCUT2D eigenvalue weighted by Crippen LogP contribution is -2.45. The number of nitrogens with one attached hydrogen (secondary N) is 2. The van der Waals surface area contributed by atoms with Gasteiger partial charge in [-0.25, -0.2) is 0 Å². The van der Waals surface area contributed by atoms with E-state index in [4.69, 9.17) is 4.74 Å². The Morgan fingerprint density at radius 3 is 3.00 bits per heavy atom. The minimum atomic E-state index is -0.507. The van der Waals surface area contributed by atoms with Crippen LogP contribution in [-0.4, -0.2) is 60.3 Å². The number of likely N-dealkylation sites (N-methyl/N-ethyl adjacent to an activating group) is 1. The van der Waals surface area contributed by atoms with Crippen LogP contribution in [0.3, 0.4) is 0 Å². The van der Waals surface area contributed by atoms with Crippen molar-refractivity contribution in [3.8, 4) is 5.88 Å². The Morgan fingerprint density at radius 2 is 2.37 bits per heavy atom. The van der Waals surface area contributed by atoms with Crippen molar-refractivity contribution in [3.63, 3.8) is 0 Å². The summed E-state index contributed by atoms with van der Waals surface area (Å²) in [6.45, 7) is 2.56. The van der Waals surface area contributed by atoms with Crippen LogP contribution in [0.25, 0.3) is 0 Å². The van der Waals surface area contributed by atoms with Gasteiger partial charge in [0.1, 0.15) is 0 Å². The van der Waals surface area contributed by atoms with Gasteiger partial charge in [0.2, 0.25) is 0 Å². The van der Waals surface area contributed by atoms with Gasteiger partial charge >= 0.3 is 0 Å². The molecule has 7 heteroatoms. The maximum absolute atomic E-state index is 12.1. The summed E-state index contributed by atoms with van der Waals surface area (Å²) in [5.41, 5.74) is -0.347. The lowest BCUT2D eigenvalue weighted by molar-refractivity contribution is 0.0104. The smallest absolute Gasteiger partial charge is 0.254 e. The molecule has 1 aliphatic rings. The highest BCUT2D eigenvalue weighted by Gasteiger charge is 2.20. The number of aromatic hydroxyl groups is 1. The lowest BCUT2D eigenvalue weighted by Gasteiger charge is -2.28. The van der Waals surface area contributed by atoms with E-state index >= 15 is 0 Å². The van der Waals surface area contributed by atoms with Crippen LogP contribution in [-0.2, 0) is 4.74 Å². The molecule has 104 valence electrons. The Bertz CT molecular complexity index is 508. The molecule has 1 saturated heterocycles. The molecule has 0 saturated carbocycles. The van der Waals surface area contributed by atoms with Gasteiger partial charge in [-0.3, -0.25) is 14.6 Å². The molecule has 1 unspecified atom stereocenters. The molecule has 3 N–H and O–H groups in total. The Hall–Kier alpha value is -1.86. The van der Waals surface area contributed by atoms with Crippen LogP contribution in [0.2, 0.25) is 0 Å². The van der Waals surface area contributed by atoms with E-state index in [9.17, 15) is 14.7 Å². The van der Waals surface area contributed by atoms with Crippen LogP contribution in [0.1, 0.15) is 10.4 Å². The van der Waals surface area contributed by atoms with Crippen molar-refractivity contribution in [1.29, 1.82) is 0 Å². The number of pyridine rings is 1. The maximum atomic E-state index is 12.1. The van der Waals surface area contributed by atoms with E-state index in [0.29, 0.717) is 19.7 Å². The Morgan fingerprint density at radius 1 is 1.58 bits per heavy atom. The predicted octanol–water partition coefficient (Wildman–Crippen LogP) is -0.859. The second-order valence-corrected chi connectivity index (χ2v) is 4.50. The van der Waals surface area contributed by atoms with Crippen LogP contribution < -0.4 is 10.9 Å². The third-order valence-corrected chi connectivity index (χ3v) is 2.91. The van der Waals surface area contributed by atoms with E-state index in [-0.39, 0.29) is 23.5 Å². The predicted molar refractivity (Wildman–Crippen MR) is 68.3 cm³/mol. The summed E-state index contributed by atoms with van der Waals surface area (Å²) in [7, 11) is 1.64. The molecule has 0 aliphatic carbocycles. The van der Waals surface area contributed by atoms with Crippen LogP contribution >= 0.6 is 0 Å². The van der Waals surface area contributed by atoms with Gasteiger partial charge in [0.15, 0.2) is 5.88 Å². The zero-order chi connectivity index (χ0) is 13.8. The van der Waals surface area contributed by atoms with Crippen molar-refractivity contribution in [2.45, 2.75) is 6.10 Å². The van der Waals surface area contributed by atoms with Gasteiger partial charge in [-0.2, -0.15) is 0 Å². The summed E-state index contributed by atoms with van der Waals surface area (Å²) in [5, 5.41) is 12.5. The van der Waals surface area contributed by atoms with E-state index in [1.54, 1.807) is 7.05 Å². The van der Waals surface area contributed by atoms with E-state index < -0.39 is 5.56 Å². The Balaban J connectivity index is 2.03. The first-order chi connectivity index (χ1) is 9.06. The number of ether oxygens (including phenoxy) is 1. The van der Waals surface area contributed by atoms with Gasteiger partial charge in [0.05, 0.1) is 18.3 Å². The first kappa shape index (κ1) is 13.6. The zero-order valence-corrected chi connectivity index (χ0v) is 10.7. The fourth-order valence-corrected chi connectivity index (χ4v) is 2.00. The Labute approximate surface area is 110 Å². The minimum absolute atomic E-state index is 0.0571. The summed E-state index contributed by atoms with van der Waals surface area (Å²) in [6.07, 6.45) is -0.0571. The second kappa shape index (κ2) is 5.85. The number of carbonyl (C=O) groups is 1. The van der Waals surface area contributed by atoms with E-state index in [1.807, 2.05) is 0 Å².